The third kappa shape index (κ3) is 69.8. The lowest BCUT2D eigenvalue weighted by Gasteiger charge is -2.18. The molecule has 0 aromatic rings. The third-order valence-electron chi connectivity index (χ3n) is 16.5. The monoisotopic (exact) mass is 1160 g/mol. The molecule has 0 saturated carbocycles. The first-order chi connectivity index (χ1) is 41.0. The minimum absolute atomic E-state index is 0.0662. The average Bonchev–Trinajstić information content (AvgIpc) is 3.49. The lowest BCUT2D eigenvalue weighted by atomic mass is 10.0. The largest absolute Gasteiger partial charge is 0.462 e. The van der Waals surface area contributed by atoms with Crippen LogP contribution in [0.2, 0.25) is 0 Å². The van der Waals surface area contributed by atoms with Gasteiger partial charge in [-0.2, -0.15) is 0 Å². The van der Waals surface area contributed by atoms with Gasteiger partial charge in [0.1, 0.15) is 13.2 Å². The Bertz CT molecular complexity index is 1470. The topological polar surface area (TPSA) is 78.9 Å². The average molecular weight is 1160 g/mol. The number of carbonyl (C=O) groups excluding carboxylic acids is 3. The van der Waals surface area contributed by atoms with E-state index in [0.717, 1.165) is 89.9 Å². The van der Waals surface area contributed by atoms with Gasteiger partial charge in [0, 0.05) is 19.3 Å². The van der Waals surface area contributed by atoms with Gasteiger partial charge in [-0.25, -0.2) is 0 Å². The maximum Gasteiger partial charge on any atom is 0.306 e. The van der Waals surface area contributed by atoms with Gasteiger partial charge in [-0.3, -0.25) is 14.4 Å². The molecule has 6 heteroatoms. The molecule has 0 saturated heterocycles. The van der Waals surface area contributed by atoms with Crippen LogP contribution in [0.3, 0.4) is 0 Å². The number of esters is 3. The number of ether oxygens (including phenoxy) is 3. The van der Waals surface area contributed by atoms with Gasteiger partial charge in [0.15, 0.2) is 6.10 Å². The van der Waals surface area contributed by atoms with E-state index < -0.39 is 6.10 Å². The van der Waals surface area contributed by atoms with Crippen LogP contribution in [0.25, 0.3) is 0 Å². The molecule has 0 N–H and O–H groups in total. The van der Waals surface area contributed by atoms with Crippen molar-refractivity contribution in [1.82, 2.24) is 0 Å². The van der Waals surface area contributed by atoms with Gasteiger partial charge in [-0.1, -0.05) is 370 Å². The molecule has 484 valence electrons. The Labute approximate surface area is 517 Å². The van der Waals surface area contributed by atoms with Gasteiger partial charge in [0.2, 0.25) is 0 Å². The molecule has 0 aliphatic heterocycles. The molecule has 1 atom stereocenters. The van der Waals surface area contributed by atoms with Gasteiger partial charge in [-0.05, 0) is 64.2 Å². The van der Waals surface area contributed by atoms with Crippen molar-refractivity contribution in [3.05, 3.63) is 60.8 Å². The van der Waals surface area contributed by atoms with E-state index in [-0.39, 0.29) is 31.1 Å². The molecule has 83 heavy (non-hydrogen) atoms. The lowest BCUT2D eigenvalue weighted by molar-refractivity contribution is -0.167. The maximum absolute atomic E-state index is 12.9. The maximum atomic E-state index is 12.9. The van der Waals surface area contributed by atoms with Crippen molar-refractivity contribution in [3.63, 3.8) is 0 Å². The van der Waals surface area contributed by atoms with E-state index in [4.69, 9.17) is 14.2 Å². The molecule has 0 radical (unpaired) electrons. The highest BCUT2D eigenvalue weighted by atomic mass is 16.6. The molecule has 0 aliphatic carbocycles. The zero-order chi connectivity index (χ0) is 59.9. The minimum atomic E-state index is -0.767. The molecule has 0 aromatic carbocycles. The van der Waals surface area contributed by atoms with Crippen molar-refractivity contribution in [3.8, 4) is 0 Å². The van der Waals surface area contributed by atoms with E-state index in [1.165, 1.54) is 263 Å². The van der Waals surface area contributed by atoms with Gasteiger partial charge in [0.05, 0.1) is 0 Å². The molecular weight excluding hydrogens is 1020 g/mol. The lowest BCUT2D eigenvalue weighted by Crippen LogP contribution is -2.30. The van der Waals surface area contributed by atoms with Crippen molar-refractivity contribution in [2.45, 2.75) is 399 Å². The number of unbranched alkanes of at least 4 members (excludes halogenated alkanes) is 47. The summed E-state index contributed by atoms with van der Waals surface area (Å²) in [6.45, 7) is 6.57. The Morgan fingerprint density at radius 3 is 0.735 bits per heavy atom. The second-order valence-electron chi connectivity index (χ2n) is 24.8. The third-order valence-corrected chi connectivity index (χ3v) is 16.5. The molecule has 0 spiro atoms. The van der Waals surface area contributed by atoms with Crippen LogP contribution >= 0.6 is 0 Å². The highest BCUT2D eigenvalue weighted by Crippen LogP contribution is 2.19. The number of rotatable bonds is 68. The van der Waals surface area contributed by atoms with Crippen LogP contribution in [0.15, 0.2) is 60.8 Å². The molecule has 0 rings (SSSR count). The van der Waals surface area contributed by atoms with Crippen LogP contribution in [-0.4, -0.2) is 37.2 Å². The molecule has 0 heterocycles. The summed E-state index contributed by atoms with van der Waals surface area (Å²) in [5.41, 5.74) is 0. The van der Waals surface area contributed by atoms with E-state index in [0.29, 0.717) is 19.3 Å². The van der Waals surface area contributed by atoms with E-state index >= 15 is 0 Å². The van der Waals surface area contributed by atoms with Crippen molar-refractivity contribution in [1.29, 1.82) is 0 Å². The predicted molar refractivity (Wildman–Crippen MR) is 362 cm³/mol. The summed E-state index contributed by atoms with van der Waals surface area (Å²) in [6.07, 6.45) is 92.9. The van der Waals surface area contributed by atoms with E-state index in [9.17, 15) is 14.4 Å². The Hall–Kier alpha value is -2.89. The normalized spacial score (nSPS) is 12.4. The zero-order valence-electron chi connectivity index (χ0n) is 55.7. The standard InChI is InChI=1S/C77H140O6/c1-4-7-10-13-16-19-21-23-25-27-29-31-33-34-35-36-37-38-39-40-41-42-43-44-45-47-48-50-52-54-56-58-61-64-67-70-76(79)82-73-74(72-81-75(78)69-66-63-60-18-15-12-9-6-3)83-77(80)71-68-65-62-59-57-55-53-51-49-46-32-30-28-26-24-22-20-17-14-11-8-5-2/h7,10,16,19,23,25,29,31,34-35,74H,4-6,8-9,11-15,17-18,20-22,24,26-28,30,32-33,36-73H2,1-3H3/b10-7-,19-16-,25-23-,31-29-,35-34-. The second-order valence-corrected chi connectivity index (χ2v) is 24.8. The number of allylic oxidation sites excluding steroid dienone is 10. The molecule has 0 bridgehead atoms. The first-order valence-corrected chi connectivity index (χ1v) is 36.8. The summed E-state index contributed by atoms with van der Waals surface area (Å²) in [6, 6.07) is 0. The van der Waals surface area contributed by atoms with Crippen LogP contribution < -0.4 is 0 Å². The second kappa shape index (κ2) is 71.6. The van der Waals surface area contributed by atoms with Crippen LogP contribution in [0.5, 0.6) is 0 Å². The Morgan fingerprint density at radius 2 is 0.470 bits per heavy atom. The fourth-order valence-corrected chi connectivity index (χ4v) is 11.1. The molecular formula is C77H140O6. The molecule has 0 aliphatic rings. The quantitative estimate of drug-likeness (QED) is 0.0261. The molecule has 0 fully saturated rings. The van der Waals surface area contributed by atoms with E-state index in [1.54, 1.807) is 0 Å². The Balaban J connectivity index is 4.00. The number of hydrogen-bond donors (Lipinski definition) is 0. The Morgan fingerprint density at radius 1 is 0.253 bits per heavy atom. The number of carbonyl (C=O) groups is 3. The van der Waals surface area contributed by atoms with E-state index in [2.05, 4.69) is 81.5 Å². The summed E-state index contributed by atoms with van der Waals surface area (Å²) >= 11 is 0. The smallest absolute Gasteiger partial charge is 0.306 e. The fourth-order valence-electron chi connectivity index (χ4n) is 11.1. The minimum Gasteiger partial charge on any atom is -0.462 e. The predicted octanol–water partition coefficient (Wildman–Crippen LogP) is 25.5. The van der Waals surface area contributed by atoms with Crippen LogP contribution in [-0.2, 0) is 28.6 Å². The first kappa shape index (κ1) is 80.1. The molecule has 0 amide bonds. The molecule has 6 nitrogen and oxygen atoms in total. The first-order valence-electron chi connectivity index (χ1n) is 36.8. The van der Waals surface area contributed by atoms with Crippen molar-refractivity contribution in [2.24, 2.45) is 0 Å². The van der Waals surface area contributed by atoms with Crippen LogP contribution in [0, 0.1) is 0 Å². The molecule has 0 aromatic heterocycles. The summed E-state index contributed by atoms with van der Waals surface area (Å²) in [7, 11) is 0. The fraction of sp³-hybridized carbons (Fsp3) is 0.831. The van der Waals surface area contributed by atoms with Crippen molar-refractivity contribution < 1.29 is 28.6 Å². The van der Waals surface area contributed by atoms with Gasteiger partial charge >= 0.3 is 17.9 Å². The summed E-state index contributed by atoms with van der Waals surface area (Å²) in [5.74, 6) is -0.842. The van der Waals surface area contributed by atoms with Gasteiger partial charge in [0.25, 0.3) is 0 Å². The van der Waals surface area contributed by atoms with Crippen LogP contribution in [0.1, 0.15) is 393 Å². The van der Waals surface area contributed by atoms with Crippen LogP contribution in [0.4, 0.5) is 0 Å². The van der Waals surface area contributed by atoms with Crippen molar-refractivity contribution in [2.75, 3.05) is 13.2 Å². The van der Waals surface area contributed by atoms with E-state index in [1.807, 2.05) is 0 Å². The van der Waals surface area contributed by atoms with Crippen molar-refractivity contribution >= 4 is 17.9 Å². The Kier molecular flexibility index (Phi) is 69.1. The highest BCUT2D eigenvalue weighted by molar-refractivity contribution is 5.71. The number of hydrogen-bond acceptors (Lipinski definition) is 6. The highest BCUT2D eigenvalue weighted by Gasteiger charge is 2.19. The summed E-state index contributed by atoms with van der Waals surface area (Å²) in [4.78, 5) is 38.3. The van der Waals surface area contributed by atoms with Gasteiger partial charge in [-0.15, -0.1) is 0 Å². The summed E-state index contributed by atoms with van der Waals surface area (Å²) in [5, 5.41) is 0. The summed E-state index contributed by atoms with van der Waals surface area (Å²) < 4.78 is 16.9. The van der Waals surface area contributed by atoms with Gasteiger partial charge < -0.3 is 14.2 Å². The molecule has 1 unspecified atom stereocenters. The SMILES string of the molecule is CC/C=C\C/C=C\C/C=C\C/C=C\C/C=C\CCCCCCCCCCCCCCCCCCCCCC(=O)OCC(COC(=O)CCCCCCCCCC)OC(=O)CCCCCCCCCCCCCCCCCCCCCCCC. The zero-order valence-corrected chi connectivity index (χ0v) is 55.7.